The van der Waals surface area contributed by atoms with Crippen molar-refractivity contribution in [2.75, 3.05) is 11.9 Å². The number of anilines is 1. The van der Waals surface area contributed by atoms with Gasteiger partial charge in [-0.2, -0.15) is 0 Å². The third-order valence-electron chi connectivity index (χ3n) is 1.92. The zero-order chi connectivity index (χ0) is 10.8. The van der Waals surface area contributed by atoms with Crippen molar-refractivity contribution < 1.29 is 9.90 Å². The van der Waals surface area contributed by atoms with Crippen LogP contribution in [-0.2, 0) is 4.79 Å². The fraction of sp³-hybridized carbons (Fsp3) is 0.200. The molecule has 1 aromatic carbocycles. The number of aromatic nitrogens is 1. The van der Waals surface area contributed by atoms with Crippen molar-refractivity contribution in [1.82, 2.24) is 4.98 Å². The van der Waals surface area contributed by atoms with E-state index >= 15 is 0 Å². The SMILES string of the molecule is Cc1nc2cc(NC(=O)CO)ccc2s1. The lowest BCUT2D eigenvalue weighted by Crippen LogP contribution is -2.15. The number of nitrogens with zero attached hydrogens (tertiary/aromatic N) is 1. The number of hydrogen-bond donors (Lipinski definition) is 2. The van der Waals surface area contributed by atoms with Crippen molar-refractivity contribution in [2.24, 2.45) is 0 Å². The summed E-state index contributed by atoms with van der Waals surface area (Å²) in [5.41, 5.74) is 1.53. The first-order valence-electron chi connectivity index (χ1n) is 4.47. The van der Waals surface area contributed by atoms with Gasteiger partial charge in [0.05, 0.1) is 15.2 Å². The predicted molar refractivity (Wildman–Crippen MR) is 60.1 cm³/mol. The lowest BCUT2D eigenvalue weighted by atomic mass is 10.3. The average molecular weight is 222 g/mol. The number of rotatable bonds is 2. The number of nitrogens with one attached hydrogen (secondary N) is 1. The Labute approximate surface area is 90.6 Å². The number of amides is 1. The summed E-state index contributed by atoms with van der Waals surface area (Å²) in [7, 11) is 0. The quantitative estimate of drug-likeness (QED) is 0.810. The van der Waals surface area contributed by atoms with E-state index in [2.05, 4.69) is 10.3 Å². The van der Waals surface area contributed by atoms with Crippen molar-refractivity contribution >= 4 is 33.1 Å². The molecule has 0 radical (unpaired) electrons. The van der Waals surface area contributed by atoms with Gasteiger partial charge in [-0.05, 0) is 25.1 Å². The van der Waals surface area contributed by atoms with Crippen molar-refractivity contribution in [1.29, 1.82) is 0 Å². The molecule has 0 aliphatic carbocycles. The van der Waals surface area contributed by atoms with E-state index in [1.54, 1.807) is 23.5 Å². The highest BCUT2D eigenvalue weighted by Crippen LogP contribution is 2.24. The van der Waals surface area contributed by atoms with Crippen LogP contribution < -0.4 is 5.32 Å². The minimum Gasteiger partial charge on any atom is -0.387 e. The van der Waals surface area contributed by atoms with Crippen molar-refractivity contribution in [2.45, 2.75) is 6.92 Å². The van der Waals surface area contributed by atoms with E-state index in [4.69, 9.17) is 5.11 Å². The van der Waals surface area contributed by atoms with Crippen molar-refractivity contribution in [3.63, 3.8) is 0 Å². The topological polar surface area (TPSA) is 62.2 Å². The summed E-state index contributed by atoms with van der Waals surface area (Å²) in [4.78, 5) is 15.3. The van der Waals surface area contributed by atoms with Gasteiger partial charge in [-0.15, -0.1) is 11.3 Å². The van der Waals surface area contributed by atoms with E-state index in [1.807, 2.05) is 13.0 Å². The van der Waals surface area contributed by atoms with E-state index in [9.17, 15) is 4.79 Å². The second-order valence-electron chi connectivity index (χ2n) is 3.12. The lowest BCUT2D eigenvalue weighted by Gasteiger charge is -2.01. The van der Waals surface area contributed by atoms with Crippen molar-refractivity contribution in [3.05, 3.63) is 23.2 Å². The standard InChI is InChI=1S/C10H10N2O2S/c1-6-11-8-4-7(12-10(14)5-13)2-3-9(8)15-6/h2-4,13H,5H2,1H3,(H,12,14). The first kappa shape index (κ1) is 10.1. The molecule has 2 N–H and O–H groups in total. The number of carbonyl (C=O) groups is 1. The summed E-state index contributed by atoms with van der Waals surface area (Å²) in [5, 5.41) is 12.2. The van der Waals surface area contributed by atoms with Crippen LogP contribution >= 0.6 is 11.3 Å². The Morgan fingerprint density at radius 2 is 2.40 bits per heavy atom. The van der Waals surface area contributed by atoms with Crippen LogP contribution in [0.1, 0.15) is 5.01 Å². The molecule has 0 bridgehead atoms. The number of aliphatic hydroxyl groups is 1. The highest BCUT2D eigenvalue weighted by atomic mass is 32.1. The molecule has 2 rings (SSSR count). The Hall–Kier alpha value is -1.46. The van der Waals surface area contributed by atoms with E-state index in [0.29, 0.717) is 5.69 Å². The van der Waals surface area contributed by atoms with Gasteiger partial charge in [0, 0.05) is 5.69 Å². The van der Waals surface area contributed by atoms with Gasteiger partial charge < -0.3 is 10.4 Å². The fourth-order valence-corrected chi connectivity index (χ4v) is 2.13. The van der Waals surface area contributed by atoms with Gasteiger partial charge in [0.2, 0.25) is 5.91 Å². The number of benzene rings is 1. The maximum atomic E-state index is 10.9. The molecule has 0 aliphatic rings. The molecule has 2 aromatic rings. The Morgan fingerprint density at radius 1 is 1.60 bits per heavy atom. The Kier molecular flexibility index (Phi) is 2.66. The summed E-state index contributed by atoms with van der Waals surface area (Å²) < 4.78 is 1.09. The summed E-state index contributed by atoms with van der Waals surface area (Å²) in [6.07, 6.45) is 0. The fourth-order valence-electron chi connectivity index (χ4n) is 1.32. The molecule has 0 unspecified atom stereocenters. The monoisotopic (exact) mass is 222 g/mol. The van der Waals surface area contributed by atoms with Crippen LogP contribution in [0.2, 0.25) is 0 Å². The van der Waals surface area contributed by atoms with Crippen LogP contribution in [0.25, 0.3) is 10.2 Å². The molecule has 0 aliphatic heterocycles. The molecule has 1 aromatic heterocycles. The van der Waals surface area contributed by atoms with E-state index in [-0.39, 0.29) is 0 Å². The molecule has 15 heavy (non-hydrogen) atoms. The van der Waals surface area contributed by atoms with Gasteiger partial charge in [0.1, 0.15) is 6.61 Å². The highest BCUT2D eigenvalue weighted by Gasteiger charge is 2.03. The third kappa shape index (κ3) is 2.14. The number of aryl methyl sites for hydroxylation is 1. The molecule has 0 saturated heterocycles. The molecule has 0 fully saturated rings. The lowest BCUT2D eigenvalue weighted by molar-refractivity contribution is -0.118. The summed E-state index contributed by atoms with van der Waals surface area (Å²) in [5.74, 6) is -0.415. The molecule has 0 spiro atoms. The van der Waals surface area contributed by atoms with E-state index in [0.717, 1.165) is 15.2 Å². The summed E-state index contributed by atoms with van der Waals surface area (Å²) >= 11 is 1.61. The van der Waals surface area contributed by atoms with Gasteiger partial charge in [-0.3, -0.25) is 4.79 Å². The maximum absolute atomic E-state index is 10.9. The minimum atomic E-state index is -0.506. The Bertz CT molecular complexity index is 507. The van der Waals surface area contributed by atoms with E-state index < -0.39 is 12.5 Å². The van der Waals surface area contributed by atoms with Crippen LogP contribution in [0.5, 0.6) is 0 Å². The molecule has 0 saturated carbocycles. The van der Waals surface area contributed by atoms with Crippen LogP contribution in [0.15, 0.2) is 18.2 Å². The highest BCUT2D eigenvalue weighted by molar-refractivity contribution is 7.18. The first-order chi connectivity index (χ1) is 7.19. The average Bonchev–Trinajstić information content (AvgIpc) is 2.57. The normalized spacial score (nSPS) is 10.5. The van der Waals surface area contributed by atoms with Crippen LogP contribution in [0.3, 0.4) is 0 Å². The van der Waals surface area contributed by atoms with Gasteiger partial charge in [0.15, 0.2) is 0 Å². The van der Waals surface area contributed by atoms with Crippen LogP contribution in [0, 0.1) is 6.92 Å². The summed E-state index contributed by atoms with van der Waals surface area (Å²) in [6.45, 7) is 1.44. The summed E-state index contributed by atoms with van der Waals surface area (Å²) in [6, 6.07) is 5.51. The second-order valence-corrected chi connectivity index (χ2v) is 4.36. The first-order valence-corrected chi connectivity index (χ1v) is 5.28. The number of aliphatic hydroxyl groups excluding tert-OH is 1. The van der Waals surface area contributed by atoms with E-state index in [1.165, 1.54) is 0 Å². The molecule has 4 nitrogen and oxygen atoms in total. The van der Waals surface area contributed by atoms with Crippen LogP contribution in [0.4, 0.5) is 5.69 Å². The minimum absolute atomic E-state index is 0.415. The zero-order valence-corrected chi connectivity index (χ0v) is 8.97. The molecule has 78 valence electrons. The zero-order valence-electron chi connectivity index (χ0n) is 8.15. The number of fused-ring (bicyclic) bond motifs is 1. The Morgan fingerprint density at radius 3 is 3.13 bits per heavy atom. The molecule has 1 amide bonds. The molecule has 0 atom stereocenters. The molecular formula is C10H10N2O2S. The Balaban J connectivity index is 2.33. The predicted octanol–water partition coefficient (Wildman–Crippen LogP) is 1.54. The van der Waals surface area contributed by atoms with Gasteiger partial charge in [0.25, 0.3) is 0 Å². The number of hydrogen-bond acceptors (Lipinski definition) is 4. The smallest absolute Gasteiger partial charge is 0.250 e. The molecule has 1 heterocycles. The van der Waals surface area contributed by atoms with Gasteiger partial charge >= 0.3 is 0 Å². The largest absolute Gasteiger partial charge is 0.387 e. The second kappa shape index (κ2) is 3.96. The molecule has 5 heteroatoms. The maximum Gasteiger partial charge on any atom is 0.250 e. The van der Waals surface area contributed by atoms with Crippen LogP contribution in [-0.4, -0.2) is 22.6 Å². The van der Waals surface area contributed by atoms with Gasteiger partial charge in [-0.1, -0.05) is 0 Å². The molecular weight excluding hydrogens is 212 g/mol. The number of thiazole rings is 1. The third-order valence-corrected chi connectivity index (χ3v) is 2.87. The van der Waals surface area contributed by atoms with Gasteiger partial charge in [-0.25, -0.2) is 4.98 Å². The van der Waals surface area contributed by atoms with Crippen molar-refractivity contribution in [3.8, 4) is 0 Å². The number of carbonyl (C=O) groups excluding carboxylic acids is 1.